The summed E-state index contributed by atoms with van der Waals surface area (Å²) in [6, 6.07) is 13.6. The lowest BCUT2D eigenvalue weighted by atomic mass is 10.1. The van der Waals surface area contributed by atoms with E-state index < -0.39 is 12.1 Å². The highest BCUT2D eigenvalue weighted by atomic mass is 16.5. The number of nitrogens with zero attached hydrogens (tertiary/aromatic N) is 1. The maximum atomic E-state index is 12.9. The summed E-state index contributed by atoms with van der Waals surface area (Å²) in [5.74, 6) is -1.20. The maximum Gasteiger partial charge on any atom is 0.343 e. The zero-order chi connectivity index (χ0) is 18.5. The summed E-state index contributed by atoms with van der Waals surface area (Å²) in [6.45, 7) is 3.63. The van der Waals surface area contributed by atoms with Gasteiger partial charge in [0.1, 0.15) is 11.3 Å². The highest BCUT2D eigenvalue weighted by molar-refractivity contribution is 5.95. The monoisotopic (exact) mass is 355 g/mol. The number of esters is 1. The average molecular weight is 355 g/mol. The van der Waals surface area contributed by atoms with E-state index in [-0.39, 0.29) is 17.2 Å². The minimum Gasteiger partial charge on any atom is -0.507 e. The van der Waals surface area contributed by atoms with E-state index >= 15 is 0 Å². The van der Waals surface area contributed by atoms with Gasteiger partial charge in [0.15, 0.2) is 0 Å². The van der Waals surface area contributed by atoms with Gasteiger partial charge in [-0.1, -0.05) is 36.4 Å². The molecule has 2 aromatic rings. The van der Waals surface area contributed by atoms with Crippen LogP contribution in [0.1, 0.15) is 27.6 Å². The molecule has 6 heteroatoms. The molecule has 1 atom stereocenters. The highest BCUT2D eigenvalue weighted by Gasteiger charge is 2.31. The third-order valence-electron chi connectivity index (χ3n) is 4.25. The minimum absolute atomic E-state index is 0.0336. The minimum atomic E-state index is -1.07. The van der Waals surface area contributed by atoms with Crippen molar-refractivity contribution in [2.24, 2.45) is 0 Å². The summed E-state index contributed by atoms with van der Waals surface area (Å²) in [6.07, 6.45) is -1.07. The number of ether oxygens (including phenoxy) is 2. The third kappa shape index (κ3) is 4.03. The summed E-state index contributed by atoms with van der Waals surface area (Å²) >= 11 is 0. The number of hydrogen-bond donors (Lipinski definition) is 1. The Labute approximate surface area is 152 Å². The zero-order valence-corrected chi connectivity index (χ0v) is 14.6. The van der Waals surface area contributed by atoms with Crippen molar-refractivity contribution in [1.82, 2.24) is 4.90 Å². The lowest BCUT2D eigenvalue weighted by molar-refractivity contribution is -0.145. The molecule has 3 rings (SSSR count). The predicted octanol–water partition coefficient (Wildman–Crippen LogP) is 2.46. The first kappa shape index (κ1) is 17.9. The number of phenols is 1. The van der Waals surface area contributed by atoms with E-state index in [0.717, 1.165) is 5.56 Å². The first-order chi connectivity index (χ1) is 12.6. The van der Waals surface area contributed by atoms with Crippen LogP contribution in [0.25, 0.3) is 0 Å². The first-order valence-electron chi connectivity index (χ1n) is 8.48. The van der Waals surface area contributed by atoms with Gasteiger partial charge in [-0.3, -0.25) is 4.79 Å². The van der Waals surface area contributed by atoms with E-state index in [9.17, 15) is 14.7 Å². The number of phenolic OH excluding ortho intramolecular Hbond substituents is 1. The van der Waals surface area contributed by atoms with Crippen LogP contribution >= 0.6 is 0 Å². The van der Waals surface area contributed by atoms with Gasteiger partial charge in [-0.2, -0.15) is 0 Å². The molecule has 0 radical (unpaired) electrons. The smallest absolute Gasteiger partial charge is 0.343 e. The van der Waals surface area contributed by atoms with Crippen molar-refractivity contribution in [3.63, 3.8) is 0 Å². The fraction of sp³-hybridized carbons (Fsp3) is 0.300. The van der Waals surface area contributed by atoms with Gasteiger partial charge in [-0.25, -0.2) is 4.79 Å². The summed E-state index contributed by atoms with van der Waals surface area (Å²) in [7, 11) is 0. The number of hydrogen-bond acceptors (Lipinski definition) is 5. The summed E-state index contributed by atoms with van der Waals surface area (Å²) in [5, 5.41) is 10.0. The first-order valence-corrected chi connectivity index (χ1v) is 8.48. The number of benzene rings is 2. The fourth-order valence-electron chi connectivity index (χ4n) is 2.82. The van der Waals surface area contributed by atoms with Crippen LogP contribution in [0.2, 0.25) is 0 Å². The van der Waals surface area contributed by atoms with Crippen molar-refractivity contribution in [3.8, 4) is 5.75 Å². The molecule has 1 saturated heterocycles. The number of carbonyl (C=O) groups excluding carboxylic acids is 2. The molecular weight excluding hydrogens is 334 g/mol. The summed E-state index contributed by atoms with van der Waals surface area (Å²) in [5.41, 5.74) is 1.44. The molecule has 1 amide bonds. The van der Waals surface area contributed by atoms with Gasteiger partial charge in [0, 0.05) is 18.7 Å². The van der Waals surface area contributed by atoms with Crippen LogP contribution in [0.3, 0.4) is 0 Å². The van der Waals surface area contributed by atoms with E-state index in [4.69, 9.17) is 9.47 Å². The molecule has 1 aliphatic rings. The Morgan fingerprint density at radius 2 is 1.81 bits per heavy atom. The second kappa shape index (κ2) is 8.01. The molecule has 6 nitrogen and oxygen atoms in total. The molecule has 1 heterocycles. The van der Waals surface area contributed by atoms with Gasteiger partial charge in [0.2, 0.25) is 6.10 Å². The van der Waals surface area contributed by atoms with Crippen molar-refractivity contribution in [1.29, 1.82) is 0 Å². The van der Waals surface area contributed by atoms with Crippen molar-refractivity contribution >= 4 is 11.9 Å². The molecule has 0 aliphatic carbocycles. The Hall–Kier alpha value is -2.86. The number of aryl methyl sites for hydroxylation is 1. The Morgan fingerprint density at radius 1 is 1.12 bits per heavy atom. The third-order valence-corrected chi connectivity index (χ3v) is 4.25. The van der Waals surface area contributed by atoms with Gasteiger partial charge in [0.25, 0.3) is 5.91 Å². The predicted molar refractivity (Wildman–Crippen MR) is 94.8 cm³/mol. The fourth-order valence-corrected chi connectivity index (χ4v) is 2.82. The van der Waals surface area contributed by atoms with Crippen LogP contribution in [0, 0.1) is 6.92 Å². The molecular formula is C20H21NO5. The van der Waals surface area contributed by atoms with Crippen LogP contribution in [-0.2, 0) is 14.3 Å². The van der Waals surface area contributed by atoms with E-state index in [2.05, 4.69) is 0 Å². The molecule has 0 aromatic heterocycles. The van der Waals surface area contributed by atoms with E-state index in [1.165, 1.54) is 12.1 Å². The van der Waals surface area contributed by atoms with E-state index in [1.54, 1.807) is 35.2 Å². The Balaban J connectivity index is 1.85. The van der Waals surface area contributed by atoms with E-state index in [1.807, 2.05) is 13.0 Å². The largest absolute Gasteiger partial charge is 0.507 e. The van der Waals surface area contributed by atoms with Crippen LogP contribution < -0.4 is 0 Å². The number of amides is 1. The molecule has 0 unspecified atom stereocenters. The second-order valence-corrected chi connectivity index (χ2v) is 6.15. The zero-order valence-electron chi connectivity index (χ0n) is 14.6. The Bertz CT molecular complexity index is 784. The van der Waals surface area contributed by atoms with Gasteiger partial charge in [-0.05, 0) is 24.6 Å². The van der Waals surface area contributed by atoms with Crippen LogP contribution in [0.4, 0.5) is 0 Å². The number of aromatic hydroxyl groups is 1. The molecule has 1 fully saturated rings. The van der Waals surface area contributed by atoms with Gasteiger partial charge >= 0.3 is 5.97 Å². The van der Waals surface area contributed by atoms with Gasteiger partial charge < -0.3 is 19.5 Å². The Kier molecular flexibility index (Phi) is 5.53. The molecule has 26 heavy (non-hydrogen) atoms. The van der Waals surface area contributed by atoms with Crippen molar-refractivity contribution in [3.05, 3.63) is 65.2 Å². The van der Waals surface area contributed by atoms with Crippen molar-refractivity contribution in [2.45, 2.75) is 13.0 Å². The lowest BCUT2D eigenvalue weighted by Gasteiger charge is -2.30. The molecule has 1 aliphatic heterocycles. The summed E-state index contributed by atoms with van der Waals surface area (Å²) in [4.78, 5) is 27.1. The maximum absolute atomic E-state index is 12.9. The molecule has 0 bridgehead atoms. The van der Waals surface area contributed by atoms with Crippen LogP contribution in [-0.4, -0.2) is 48.2 Å². The SMILES string of the molecule is Cc1ccc(C(=O)O[C@H](C(=O)N2CCOCC2)c2ccccc2)c(O)c1. The number of morpholine rings is 1. The van der Waals surface area contributed by atoms with Gasteiger partial charge in [0.05, 0.1) is 13.2 Å². The molecule has 136 valence electrons. The normalized spacial score (nSPS) is 15.3. The summed E-state index contributed by atoms with van der Waals surface area (Å²) < 4.78 is 10.8. The van der Waals surface area contributed by atoms with Crippen molar-refractivity contribution < 1.29 is 24.2 Å². The lowest BCUT2D eigenvalue weighted by Crippen LogP contribution is -2.44. The van der Waals surface area contributed by atoms with Crippen LogP contribution in [0.15, 0.2) is 48.5 Å². The van der Waals surface area contributed by atoms with Crippen molar-refractivity contribution in [2.75, 3.05) is 26.3 Å². The molecule has 0 saturated carbocycles. The average Bonchev–Trinajstić information content (AvgIpc) is 2.67. The number of rotatable bonds is 4. The highest BCUT2D eigenvalue weighted by Crippen LogP contribution is 2.26. The van der Waals surface area contributed by atoms with Gasteiger partial charge in [-0.15, -0.1) is 0 Å². The second-order valence-electron chi connectivity index (χ2n) is 6.15. The topological polar surface area (TPSA) is 76.1 Å². The van der Waals surface area contributed by atoms with E-state index in [0.29, 0.717) is 31.9 Å². The molecule has 0 spiro atoms. The van der Waals surface area contributed by atoms with Crippen LogP contribution in [0.5, 0.6) is 5.75 Å². The number of carbonyl (C=O) groups is 2. The Morgan fingerprint density at radius 3 is 2.46 bits per heavy atom. The standard InChI is InChI=1S/C20H21NO5/c1-14-7-8-16(17(22)13-14)20(24)26-18(15-5-3-2-4-6-15)19(23)21-9-11-25-12-10-21/h2-8,13,18,22H,9-12H2,1H3/t18-/m0/s1. The molecule has 2 aromatic carbocycles. The molecule has 1 N–H and O–H groups in total. The quantitative estimate of drug-likeness (QED) is 0.853.